The van der Waals surface area contributed by atoms with Crippen LogP contribution in [0, 0.1) is 12.7 Å². The Labute approximate surface area is 122 Å². The molecule has 0 atom stereocenters. The monoisotopic (exact) mass is 299 g/mol. The first kappa shape index (κ1) is 16.9. The van der Waals surface area contributed by atoms with Gasteiger partial charge in [-0.3, -0.25) is 9.59 Å². The second-order valence-electron chi connectivity index (χ2n) is 4.42. The molecule has 0 fully saturated rings. The van der Waals surface area contributed by atoms with E-state index in [1.54, 1.807) is 13.0 Å². The minimum Gasteiger partial charge on any atom is -0.481 e. The number of hydrogen-bond acceptors (Lipinski definition) is 4. The van der Waals surface area contributed by atoms with Gasteiger partial charge >= 0.3 is 5.97 Å². The maximum atomic E-state index is 13.5. The van der Waals surface area contributed by atoms with Gasteiger partial charge in [0.1, 0.15) is 6.54 Å². The van der Waals surface area contributed by atoms with Crippen molar-refractivity contribution in [2.75, 3.05) is 33.4 Å². The van der Waals surface area contributed by atoms with E-state index >= 15 is 0 Å². The predicted octanol–water partition coefficient (Wildman–Crippen LogP) is 1.07. The number of carbonyl (C=O) groups excluding carboxylic acids is 1. The number of nitrogens with zero attached hydrogens (tertiary/aromatic N) is 1. The standard InChI is InChI=1S/C14H18FNO5/c1-10-3-4-11(15)12(7-10)21-9-13(17)16(5-6-20-2)8-14(18)19/h3-4,7H,5-6,8-9H2,1-2H3,(H,18,19). The Kier molecular flexibility index (Phi) is 6.61. The minimum atomic E-state index is -1.14. The van der Waals surface area contributed by atoms with Crippen molar-refractivity contribution < 1.29 is 28.6 Å². The topological polar surface area (TPSA) is 76.1 Å². The highest BCUT2D eigenvalue weighted by atomic mass is 19.1. The summed E-state index contributed by atoms with van der Waals surface area (Å²) in [6.45, 7) is 1.21. The van der Waals surface area contributed by atoms with Crippen molar-refractivity contribution in [2.24, 2.45) is 0 Å². The van der Waals surface area contributed by atoms with E-state index in [2.05, 4.69) is 0 Å². The van der Waals surface area contributed by atoms with E-state index < -0.39 is 30.8 Å². The molecule has 0 heterocycles. The van der Waals surface area contributed by atoms with Crippen molar-refractivity contribution in [1.29, 1.82) is 0 Å². The molecule has 6 nitrogen and oxygen atoms in total. The third-order valence-corrected chi connectivity index (χ3v) is 2.68. The average molecular weight is 299 g/mol. The fourth-order valence-electron chi connectivity index (χ4n) is 1.61. The average Bonchev–Trinajstić information content (AvgIpc) is 2.43. The largest absolute Gasteiger partial charge is 0.481 e. The van der Waals surface area contributed by atoms with Gasteiger partial charge in [-0.25, -0.2) is 4.39 Å². The molecule has 21 heavy (non-hydrogen) atoms. The summed E-state index contributed by atoms with van der Waals surface area (Å²) < 4.78 is 23.4. The number of rotatable bonds is 8. The Bertz CT molecular complexity index is 506. The zero-order chi connectivity index (χ0) is 15.8. The lowest BCUT2D eigenvalue weighted by molar-refractivity contribution is -0.145. The van der Waals surface area contributed by atoms with Crippen LogP contribution in [0.5, 0.6) is 5.75 Å². The quantitative estimate of drug-likeness (QED) is 0.777. The number of carboxylic acid groups (broad SMARTS) is 1. The van der Waals surface area contributed by atoms with Gasteiger partial charge in [-0.05, 0) is 24.6 Å². The number of methoxy groups -OCH3 is 1. The number of carboxylic acids is 1. The molecule has 0 radical (unpaired) electrons. The van der Waals surface area contributed by atoms with Crippen LogP contribution in [0.2, 0.25) is 0 Å². The molecule has 0 aliphatic carbocycles. The van der Waals surface area contributed by atoms with Gasteiger partial charge in [0.25, 0.3) is 5.91 Å². The first-order valence-electron chi connectivity index (χ1n) is 6.31. The van der Waals surface area contributed by atoms with Crippen LogP contribution < -0.4 is 4.74 Å². The molecule has 0 bridgehead atoms. The third kappa shape index (κ3) is 5.78. The van der Waals surface area contributed by atoms with Gasteiger partial charge in [-0.15, -0.1) is 0 Å². The third-order valence-electron chi connectivity index (χ3n) is 2.68. The number of hydrogen-bond donors (Lipinski definition) is 1. The smallest absolute Gasteiger partial charge is 0.323 e. The molecule has 0 saturated carbocycles. The van der Waals surface area contributed by atoms with Crippen molar-refractivity contribution in [2.45, 2.75) is 6.92 Å². The molecule has 116 valence electrons. The molecule has 7 heteroatoms. The number of ether oxygens (including phenoxy) is 2. The number of amides is 1. The Balaban J connectivity index is 2.63. The van der Waals surface area contributed by atoms with Gasteiger partial charge in [0.15, 0.2) is 18.2 Å². The van der Waals surface area contributed by atoms with E-state index in [0.29, 0.717) is 0 Å². The van der Waals surface area contributed by atoms with Gasteiger partial charge < -0.3 is 19.5 Å². The highest BCUT2D eigenvalue weighted by Crippen LogP contribution is 2.18. The maximum absolute atomic E-state index is 13.5. The maximum Gasteiger partial charge on any atom is 0.323 e. The number of aryl methyl sites for hydroxylation is 1. The molecule has 1 aromatic carbocycles. The first-order chi connectivity index (χ1) is 9.93. The van der Waals surface area contributed by atoms with Crippen LogP contribution in [0.4, 0.5) is 4.39 Å². The fraction of sp³-hybridized carbons (Fsp3) is 0.429. The second-order valence-corrected chi connectivity index (χ2v) is 4.42. The van der Waals surface area contributed by atoms with Crippen LogP contribution in [0.15, 0.2) is 18.2 Å². The molecule has 0 aliphatic rings. The lowest BCUT2D eigenvalue weighted by atomic mass is 10.2. The van der Waals surface area contributed by atoms with Crippen molar-refractivity contribution in [3.63, 3.8) is 0 Å². The van der Waals surface area contributed by atoms with E-state index in [-0.39, 0.29) is 18.9 Å². The van der Waals surface area contributed by atoms with Crippen LogP contribution in [0.3, 0.4) is 0 Å². The molecular weight excluding hydrogens is 281 g/mol. The summed E-state index contributed by atoms with van der Waals surface area (Å²) >= 11 is 0. The van der Waals surface area contributed by atoms with Crippen LogP contribution >= 0.6 is 0 Å². The van der Waals surface area contributed by atoms with Gasteiger partial charge in [-0.2, -0.15) is 0 Å². The Hall–Kier alpha value is -2.15. The SMILES string of the molecule is COCCN(CC(=O)O)C(=O)COc1cc(C)ccc1F. The van der Waals surface area contributed by atoms with Crippen LogP contribution in [0.25, 0.3) is 0 Å². The molecule has 0 aromatic heterocycles. The molecule has 1 aromatic rings. The Morgan fingerprint density at radius 2 is 2.10 bits per heavy atom. The normalized spacial score (nSPS) is 10.2. The molecule has 0 unspecified atom stereocenters. The summed E-state index contributed by atoms with van der Waals surface area (Å²) in [7, 11) is 1.45. The molecular formula is C14H18FNO5. The molecule has 0 saturated heterocycles. The number of aliphatic carboxylic acids is 1. The van der Waals surface area contributed by atoms with Crippen LogP contribution in [0.1, 0.15) is 5.56 Å². The van der Waals surface area contributed by atoms with E-state index in [9.17, 15) is 14.0 Å². The van der Waals surface area contributed by atoms with E-state index in [1.165, 1.54) is 19.2 Å². The zero-order valence-corrected chi connectivity index (χ0v) is 12.0. The Morgan fingerprint density at radius 3 is 2.71 bits per heavy atom. The zero-order valence-electron chi connectivity index (χ0n) is 12.0. The number of benzene rings is 1. The second kappa shape index (κ2) is 8.21. The van der Waals surface area contributed by atoms with Crippen LogP contribution in [-0.2, 0) is 14.3 Å². The highest BCUT2D eigenvalue weighted by Gasteiger charge is 2.17. The molecule has 1 N–H and O–H groups in total. The molecule has 1 rings (SSSR count). The number of carbonyl (C=O) groups is 2. The summed E-state index contributed by atoms with van der Waals surface area (Å²) in [5.41, 5.74) is 0.792. The van der Waals surface area contributed by atoms with Gasteiger partial charge in [0.05, 0.1) is 6.61 Å². The van der Waals surface area contributed by atoms with Crippen molar-refractivity contribution >= 4 is 11.9 Å². The number of halogens is 1. The van der Waals surface area contributed by atoms with Gasteiger partial charge in [0, 0.05) is 13.7 Å². The summed E-state index contributed by atoms with van der Waals surface area (Å²) in [4.78, 5) is 23.7. The molecule has 0 aliphatic heterocycles. The molecule has 1 amide bonds. The van der Waals surface area contributed by atoms with Gasteiger partial charge in [0.2, 0.25) is 0 Å². The summed E-state index contributed by atoms with van der Waals surface area (Å²) in [5, 5.41) is 8.76. The summed E-state index contributed by atoms with van der Waals surface area (Å²) in [6, 6.07) is 4.30. The lowest BCUT2D eigenvalue weighted by Crippen LogP contribution is -2.40. The van der Waals surface area contributed by atoms with Crippen LogP contribution in [-0.4, -0.2) is 55.3 Å². The fourth-order valence-corrected chi connectivity index (χ4v) is 1.61. The minimum absolute atomic E-state index is 0.0367. The predicted molar refractivity (Wildman–Crippen MR) is 72.7 cm³/mol. The summed E-state index contributed by atoms with van der Waals surface area (Å²) in [5.74, 6) is -2.29. The van der Waals surface area contributed by atoms with E-state index in [4.69, 9.17) is 14.6 Å². The lowest BCUT2D eigenvalue weighted by Gasteiger charge is -2.20. The van der Waals surface area contributed by atoms with Gasteiger partial charge in [-0.1, -0.05) is 6.07 Å². The highest BCUT2D eigenvalue weighted by molar-refractivity contribution is 5.82. The van der Waals surface area contributed by atoms with Crippen molar-refractivity contribution in [1.82, 2.24) is 4.90 Å². The van der Waals surface area contributed by atoms with E-state index in [0.717, 1.165) is 10.5 Å². The Morgan fingerprint density at radius 1 is 1.38 bits per heavy atom. The molecule has 0 spiro atoms. The first-order valence-corrected chi connectivity index (χ1v) is 6.31. The van der Waals surface area contributed by atoms with Crippen molar-refractivity contribution in [3.8, 4) is 5.75 Å². The van der Waals surface area contributed by atoms with Crippen molar-refractivity contribution in [3.05, 3.63) is 29.6 Å². The van der Waals surface area contributed by atoms with E-state index in [1.807, 2.05) is 0 Å². The summed E-state index contributed by atoms with van der Waals surface area (Å²) in [6.07, 6.45) is 0.